The molecule has 0 unspecified atom stereocenters. The fraction of sp³-hybridized carbons (Fsp3) is 0.500. The number of hydrogen-bond donors (Lipinski definition) is 2. The van der Waals surface area contributed by atoms with Crippen molar-refractivity contribution in [3.8, 4) is 5.75 Å². The molecule has 0 aliphatic carbocycles. The number of fused-ring (bicyclic) bond motifs is 1. The summed E-state index contributed by atoms with van der Waals surface area (Å²) in [7, 11) is 0. The molecule has 2 aromatic rings. The zero-order valence-electron chi connectivity index (χ0n) is 16.6. The maximum absolute atomic E-state index is 13.0. The van der Waals surface area contributed by atoms with Crippen molar-refractivity contribution in [2.24, 2.45) is 0 Å². The molecule has 2 N–H and O–H groups in total. The monoisotopic (exact) mass is 439 g/mol. The van der Waals surface area contributed by atoms with Gasteiger partial charge in [-0.25, -0.2) is 0 Å². The van der Waals surface area contributed by atoms with Gasteiger partial charge in [0.25, 0.3) is 5.56 Å². The van der Waals surface area contributed by atoms with Crippen LogP contribution >= 0.6 is 11.8 Å². The van der Waals surface area contributed by atoms with Crippen molar-refractivity contribution < 1.29 is 23.0 Å². The van der Waals surface area contributed by atoms with E-state index in [9.17, 15) is 18.4 Å². The number of aromatic nitrogens is 2. The predicted octanol–water partition coefficient (Wildman–Crippen LogP) is 3.68. The largest absolute Gasteiger partial charge is 0.435 e. The SMILES string of the molecule is CC1(C)C[C@H](n2[nH]c(=O)c3c2NC(=O)CS[C@H]3c2cccc(OC(F)F)c2)CCO1. The summed E-state index contributed by atoms with van der Waals surface area (Å²) in [5.41, 5.74) is 0.367. The van der Waals surface area contributed by atoms with Gasteiger partial charge in [-0.05, 0) is 44.4 Å². The van der Waals surface area contributed by atoms with Gasteiger partial charge in [0, 0.05) is 6.61 Å². The molecule has 0 saturated carbocycles. The summed E-state index contributed by atoms with van der Waals surface area (Å²) in [6.07, 6.45) is 1.38. The van der Waals surface area contributed by atoms with E-state index in [-0.39, 0.29) is 34.6 Å². The molecule has 10 heteroatoms. The Morgan fingerprint density at radius 1 is 1.33 bits per heavy atom. The molecule has 0 radical (unpaired) electrons. The Morgan fingerprint density at radius 2 is 2.13 bits per heavy atom. The van der Waals surface area contributed by atoms with Crippen molar-refractivity contribution in [1.29, 1.82) is 0 Å². The molecule has 1 saturated heterocycles. The number of carbonyl (C=O) groups is 1. The Morgan fingerprint density at radius 3 is 2.87 bits per heavy atom. The number of thioether (sulfide) groups is 1. The van der Waals surface area contributed by atoms with E-state index in [4.69, 9.17) is 4.74 Å². The minimum Gasteiger partial charge on any atom is -0.435 e. The number of nitrogens with one attached hydrogen (secondary N) is 2. The summed E-state index contributed by atoms with van der Waals surface area (Å²) < 4.78 is 37.3. The fourth-order valence-corrected chi connectivity index (χ4v) is 5.17. The first kappa shape index (κ1) is 20.9. The summed E-state index contributed by atoms with van der Waals surface area (Å²) in [5.74, 6) is 0.360. The number of benzene rings is 1. The Balaban J connectivity index is 1.76. The van der Waals surface area contributed by atoms with Gasteiger partial charge in [0.15, 0.2) is 0 Å². The molecule has 2 aliphatic heterocycles. The van der Waals surface area contributed by atoms with Crippen LogP contribution in [0.25, 0.3) is 0 Å². The second-order valence-electron chi connectivity index (χ2n) is 8.02. The molecule has 2 atom stereocenters. The van der Waals surface area contributed by atoms with Crippen molar-refractivity contribution in [2.45, 2.75) is 50.2 Å². The zero-order valence-corrected chi connectivity index (χ0v) is 17.4. The van der Waals surface area contributed by atoms with E-state index in [1.807, 2.05) is 13.8 Å². The average Bonchev–Trinajstić information content (AvgIpc) is 2.87. The molecule has 0 spiro atoms. The van der Waals surface area contributed by atoms with Crippen LogP contribution in [-0.2, 0) is 9.53 Å². The second kappa shape index (κ2) is 8.07. The predicted molar refractivity (Wildman–Crippen MR) is 109 cm³/mol. The van der Waals surface area contributed by atoms with E-state index in [0.717, 1.165) is 0 Å². The molecular weight excluding hydrogens is 416 g/mol. The lowest BCUT2D eigenvalue weighted by Gasteiger charge is -2.36. The first-order chi connectivity index (χ1) is 14.2. The molecule has 162 valence electrons. The van der Waals surface area contributed by atoms with Crippen LogP contribution in [-0.4, -0.2) is 40.3 Å². The highest BCUT2D eigenvalue weighted by Gasteiger charge is 2.36. The van der Waals surface area contributed by atoms with E-state index in [1.165, 1.54) is 23.9 Å². The minimum atomic E-state index is -2.94. The van der Waals surface area contributed by atoms with Crippen LogP contribution in [0.1, 0.15) is 49.1 Å². The summed E-state index contributed by atoms with van der Waals surface area (Å²) in [6, 6.07) is 6.21. The van der Waals surface area contributed by atoms with Crippen LogP contribution < -0.4 is 15.6 Å². The average molecular weight is 439 g/mol. The third-order valence-electron chi connectivity index (χ3n) is 5.29. The van der Waals surface area contributed by atoms with E-state index in [0.29, 0.717) is 36.4 Å². The normalized spacial score (nSPS) is 23.6. The number of amides is 1. The van der Waals surface area contributed by atoms with Gasteiger partial charge >= 0.3 is 6.61 Å². The zero-order chi connectivity index (χ0) is 21.5. The third-order valence-corrected chi connectivity index (χ3v) is 6.56. The lowest BCUT2D eigenvalue weighted by atomic mass is 9.94. The van der Waals surface area contributed by atoms with E-state index >= 15 is 0 Å². The lowest BCUT2D eigenvalue weighted by Crippen LogP contribution is -2.36. The van der Waals surface area contributed by atoms with Crippen LogP contribution in [0, 0.1) is 0 Å². The molecule has 1 fully saturated rings. The number of anilines is 1. The Kier molecular flexibility index (Phi) is 5.63. The van der Waals surface area contributed by atoms with Crippen LogP contribution in [0.4, 0.5) is 14.6 Å². The van der Waals surface area contributed by atoms with Crippen LogP contribution in [0.3, 0.4) is 0 Å². The smallest absolute Gasteiger partial charge is 0.387 e. The Bertz CT molecular complexity index is 1000. The summed E-state index contributed by atoms with van der Waals surface area (Å²) >= 11 is 1.28. The van der Waals surface area contributed by atoms with Crippen LogP contribution in [0.2, 0.25) is 0 Å². The van der Waals surface area contributed by atoms with Gasteiger partial charge in [-0.15, -0.1) is 11.8 Å². The molecular formula is C20H23F2N3O4S. The second-order valence-corrected chi connectivity index (χ2v) is 9.11. The van der Waals surface area contributed by atoms with E-state index in [2.05, 4.69) is 15.2 Å². The Hall–Kier alpha value is -2.33. The maximum atomic E-state index is 13.0. The van der Waals surface area contributed by atoms with Gasteiger partial charge in [-0.1, -0.05) is 12.1 Å². The fourth-order valence-electron chi connectivity index (χ4n) is 4.05. The number of rotatable bonds is 4. The summed E-state index contributed by atoms with van der Waals surface area (Å²) in [6.45, 7) is 1.59. The summed E-state index contributed by atoms with van der Waals surface area (Å²) in [4.78, 5) is 25.4. The van der Waals surface area contributed by atoms with Crippen molar-refractivity contribution >= 4 is 23.5 Å². The number of carbonyl (C=O) groups excluding carboxylic acids is 1. The van der Waals surface area contributed by atoms with Crippen LogP contribution in [0.5, 0.6) is 5.75 Å². The lowest BCUT2D eigenvalue weighted by molar-refractivity contribution is -0.113. The van der Waals surface area contributed by atoms with Gasteiger partial charge in [0.05, 0.1) is 28.2 Å². The topological polar surface area (TPSA) is 85.4 Å². The molecule has 3 heterocycles. The molecule has 0 bridgehead atoms. The molecule has 1 aromatic heterocycles. The highest BCUT2D eigenvalue weighted by Crippen LogP contribution is 2.42. The standard InChI is InChI=1S/C20H23F2N3O4S/c1-20(2)9-12(6-7-28-20)25-17-15(18(27)24-25)16(30-10-14(26)23-17)11-4-3-5-13(8-11)29-19(21)22/h3-5,8,12,16,19H,6-7,9-10H2,1-2H3,(H,23,26)(H,24,27)/t12-,16+/m1/s1. The number of nitrogens with zero attached hydrogens (tertiary/aromatic N) is 1. The number of hydrogen-bond acceptors (Lipinski definition) is 5. The molecule has 2 aliphatic rings. The van der Waals surface area contributed by atoms with Gasteiger partial charge in [0.2, 0.25) is 5.91 Å². The number of H-pyrrole nitrogens is 1. The van der Waals surface area contributed by atoms with Crippen LogP contribution in [0.15, 0.2) is 29.1 Å². The van der Waals surface area contributed by atoms with Gasteiger partial charge in [-0.3, -0.25) is 19.4 Å². The van der Waals surface area contributed by atoms with Gasteiger partial charge < -0.3 is 14.8 Å². The molecule has 1 amide bonds. The quantitative estimate of drug-likeness (QED) is 0.759. The van der Waals surface area contributed by atoms with Crippen molar-refractivity contribution in [3.63, 3.8) is 0 Å². The number of halogens is 2. The van der Waals surface area contributed by atoms with Gasteiger partial charge in [-0.2, -0.15) is 8.78 Å². The summed E-state index contributed by atoms with van der Waals surface area (Å²) in [5, 5.41) is 5.24. The maximum Gasteiger partial charge on any atom is 0.387 e. The number of aromatic amines is 1. The molecule has 4 rings (SSSR count). The van der Waals surface area contributed by atoms with Gasteiger partial charge in [0.1, 0.15) is 11.6 Å². The molecule has 1 aromatic carbocycles. The first-order valence-electron chi connectivity index (χ1n) is 9.68. The number of ether oxygens (including phenoxy) is 2. The number of alkyl halides is 2. The first-order valence-corrected chi connectivity index (χ1v) is 10.7. The minimum absolute atomic E-state index is 0.00947. The van der Waals surface area contributed by atoms with E-state index < -0.39 is 11.9 Å². The highest BCUT2D eigenvalue weighted by molar-refractivity contribution is 8.00. The van der Waals surface area contributed by atoms with Crippen molar-refractivity contribution in [1.82, 2.24) is 9.78 Å². The highest BCUT2D eigenvalue weighted by atomic mass is 32.2. The molecule has 30 heavy (non-hydrogen) atoms. The molecule has 7 nitrogen and oxygen atoms in total. The van der Waals surface area contributed by atoms with Crippen molar-refractivity contribution in [2.75, 3.05) is 17.7 Å². The van der Waals surface area contributed by atoms with Crippen molar-refractivity contribution in [3.05, 3.63) is 45.7 Å². The third kappa shape index (κ3) is 4.24. The Labute approximate surface area is 176 Å². The van der Waals surface area contributed by atoms with E-state index in [1.54, 1.807) is 16.8 Å².